The third kappa shape index (κ3) is 2.93. The van der Waals surface area contributed by atoms with Crippen molar-refractivity contribution >= 4 is 17.4 Å². The maximum atomic E-state index is 12.2. The number of benzene rings is 2. The lowest BCUT2D eigenvalue weighted by atomic mass is 10.1. The average Bonchev–Trinajstić information content (AvgIpc) is 2.55. The Bertz CT molecular complexity index is 722. The van der Waals surface area contributed by atoms with E-state index in [1.54, 1.807) is 42.5 Å². The van der Waals surface area contributed by atoms with Gasteiger partial charge in [-0.15, -0.1) is 0 Å². The van der Waals surface area contributed by atoms with Crippen molar-refractivity contribution in [2.45, 2.75) is 6.92 Å². The van der Waals surface area contributed by atoms with E-state index in [9.17, 15) is 9.59 Å². The molecule has 1 amide bonds. The summed E-state index contributed by atoms with van der Waals surface area (Å²) < 4.78 is 10.9. The molecule has 1 heterocycles. The second-order valence-corrected chi connectivity index (χ2v) is 4.95. The number of fused-ring (bicyclic) bond motifs is 1. The molecule has 1 N–H and O–H groups in total. The first kappa shape index (κ1) is 14.1. The van der Waals surface area contributed by atoms with Gasteiger partial charge < -0.3 is 14.8 Å². The van der Waals surface area contributed by atoms with Gasteiger partial charge in [-0.05, 0) is 49.4 Å². The van der Waals surface area contributed by atoms with E-state index in [2.05, 4.69) is 5.32 Å². The zero-order valence-electron chi connectivity index (χ0n) is 12.1. The number of rotatable bonds is 3. The maximum absolute atomic E-state index is 12.2. The van der Waals surface area contributed by atoms with Crippen molar-refractivity contribution in [3.63, 3.8) is 0 Å². The molecule has 0 bridgehead atoms. The molecule has 3 rings (SSSR count). The number of amides is 1. The lowest BCUT2D eigenvalue weighted by Gasteiger charge is -2.18. The van der Waals surface area contributed by atoms with Gasteiger partial charge in [-0.1, -0.05) is 0 Å². The van der Waals surface area contributed by atoms with Gasteiger partial charge in [-0.3, -0.25) is 9.59 Å². The van der Waals surface area contributed by atoms with E-state index in [1.165, 1.54) is 6.92 Å². The third-order valence-electron chi connectivity index (χ3n) is 3.35. The minimum absolute atomic E-state index is 0.00953. The number of ketones is 1. The third-order valence-corrected chi connectivity index (χ3v) is 3.35. The van der Waals surface area contributed by atoms with Crippen molar-refractivity contribution in [3.05, 3.63) is 53.6 Å². The molecule has 2 aromatic rings. The Hall–Kier alpha value is -2.82. The van der Waals surface area contributed by atoms with E-state index in [-0.39, 0.29) is 11.7 Å². The number of carbonyl (C=O) groups is 2. The van der Waals surface area contributed by atoms with Gasteiger partial charge in [-0.25, -0.2) is 0 Å². The largest absolute Gasteiger partial charge is 0.486 e. The Labute approximate surface area is 127 Å². The summed E-state index contributed by atoms with van der Waals surface area (Å²) in [5, 5.41) is 2.78. The molecular weight excluding hydrogens is 282 g/mol. The zero-order chi connectivity index (χ0) is 15.5. The number of nitrogens with one attached hydrogen (secondary N) is 1. The summed E-state index contributed by atoms with van der Waals surface area (Å²) in [5.74, 6) is 0.969. The molecule has 0 aromatic heterocycles. The molecule has 1 aliphatic rings. The minimum atomic E-state index is -0.243. The highest BCUT2D eigenvalue weighted by Gasteiger charge is 2.15. The SMILES string of the molecule is CC(=O)c1ccc(NC(=O)c2ccc3c(c2)OCCO3)cc1. The second kappa shape index (κ2) is 5.89. The van der Waals surface area contributed by atoms with E-state index in [1.807, 2.05) is 0 Å². The normalized spacial score (nSPS) is 12.6. The fraction of sp³-hybridized carbons (Fsp3) is 0.176. The van der Waals surface area contributed by atoms with Crippen molar-refractivity contribution in [1.29, 1.82) is 0 Å². The number of anilines is 1. The molecule has 22 heavy (non-hydrogen) atoms. The number of hydrogen-bond donors (Lipinski definition) is 1. The Morgan fingerprint density at radius 2 is 1.55 bits per heavy atom. The quantitative estimate of drug-likeness (QED) is 0.885. The van der Waals surface area contributed by atoms with Gasteiger partial charge in [0, 0.05) is 16.8 Å². The van der Waals surface area contributed by atoms with Crippen LogP contribution in [0.1, 0.15) is 27.6 Å². The van der Waals surface area contributed by atoms with Crippen LogP contribution in [0, 0.1) is 0 Å². The van der Waals surface area contributed by atoms with Gasteiger partial charge in [-0.2, -0.15) is 0 Å². The molecular formula is C17H15NO4. The van der Waals surface area contributed by atoms with Crippen LogP contribution < -0.4 is 14.8 Å². The summed E-state index contributed by atoms with van der Waals surface area (Å²) in [6, 6.07) is 11.8. The molecule has 5 heteroatoms. The number of carbonyl (C=O) groups excluding carboxylic acids is 2. The van der Waals surface area contributed by atoms with Gasteiger partial charge in [0.05, 0.1) is 0 Å². The van der Waals surface area contributed by atoms with Gasteiger partial charge in [0.2, 0.25) is 0 Å². The minimum Gasteiger partial charge on any atom is -0.486 e. The molecule has 0 fully saturated rings. The molecule has 112 valence electrons. The number of Topliss-reactive ketones (excluding diaryl/α,β-unsaturated/α-hetero) is 1. The second-order valence-electron chi connectivity index (χ2n) is 4.95. The van der Waals surface area contributed by atoms with Gasteiger partial charge in [0.25, 0.3) is 5.91 Å². The maximum Gasteiger partial charge on any atom is 0.255 e. The summed E-state index contributed by atoms with van der Waals surface area (Å²) in [4.78, 5) is 23.5. The Balaban J connectivity index is 1.75. The van der Waals surface area contributed by atoms with E-state index in [0.717, 1.165) is 0 Å². The fourth-order valence-corrected chi connectivity index (χ4v) is 2.18. The standard InChI is InChI=1S/C17H15NO4/c1-11(19)12-2-5-14(6-3-12)18-17(20)13-4-7-15-16(10-13)22-9-8-21-15/h2-7,10H,8-9H2,1H3,(H,18,20). The molecule has 0 saturated heterocycles. The molecule has 1 aliphatic heterocycles. The lowest BCUT2D eigenvalue weighted by Crippen LogP contribution is -2.17. The molecule has 2 aromatic carbocycles. The molecule has 0 atom stereocenters. The van der Waals surface area contributed by atoms with Crippen LogP contribution in [-0.2, 0) is 0 Å². The Morgan fingerprint density at radius 3 is 2.23 bits per heavy atom. The van der Waals surface area contributed by atoms with Gasteiger partial charge >= 0.3 is 0 Å². The van der Waals surface area contributed by atoms with Crippen LogP contribution in [0.4, 0.5) is 5.69 Å². The van der Waals surface area contributed by atoms with Crippen molar-refractivity contribution in [3.8, 4) is 11.5 Å². The zero-order valence-corrected chi connectivity index (χ0v) is 12.1. The smallest absolute Gasteiger partial charge is 0.255 e. The molecule has 0 aliphatic carbocycles. The van der Waals surface area contributed by atoms with Crippen molar-refractivity contribution in [2.75, 3.05) is 18.5 Å². The molecule has 0 radical (unpaired) electrons. The van der Waals surface area contributed by atoms with Crippen molar-refractivity contribution < 1.29 is 19.1 Å². The van der Waals surface area contributed by atoms with Gasteiger partial charge in [0.15, 0.2) is 17.3 Å². The van der Waals surface area contributed by atoms with Crippen LogP contribution in [0.3, 0.4) is 0 Å². The Morgan fingerprint density at radius 1 is 0.909 bits per heavy atom. The summed E-state index contributed by atoms with van der Waals surface area (Å²) in [7, 11) is 0. The van der Waals surface area contributed by atoms with Gasteiger partial charge in [0.1, 0.15) is 13.2 Å². The first-order valence-electron chi connectivity index (χ1n) is 6.95. The number of ether oxygens (including phenoxy) is 2. The Kier molecular flexibility index (Phi) is 3.78. The average molecular weight is 297 g/mol. The van der Waals surface area contributed by atoms with E-state index in [0.29, 0.717) is 41.5 Å². The van der Waals surface area contributed by atoms with Crippen molar-refractivity contribution in [2.24, 2.45) is 0 Å². The predicted octanol–water partition coefficient (Wildman–Crippen LogP) is 2.91. The highest BCUT2D eigenvalue weighted by Crippen LogP contribution is 2.30. The first-order valence-corrected chi connectivity index (χ1v) is 6.95. The summed E-state index contributed by atoms with van der Waals surface area (Å²) >= 11 is 0. The van der Waals surface area contributed by atoms with Crippen LogP contribution in [0.15, 0.2) is 42.5 Å². The summed E-state index contributed by atoms with van der Waals surface area (Å²) in [5.41, 5.74) is 1.72. The predicted molar refractivity (Wildman–Crippen MR) is 81.8 cm³/mol. The highest BCUT2D eigenvalue weighted by atomic mass is 16.6. The van der Waals surface area contributed by atoms with E-state index < -0.39 is 0 Å². The van der Waals surface area contributed by atoms with Crippen LogP contribution in [0.25, 0.3) is 0 Å². The van der Waals surface area contributed by atoms with E-state index >= 15 is 0 Å². The van der Waals surface area contributed by atoms with Crippen LogP contribution in [-0.4, -0.2) is 24.9 Å². The molecule has 5 nitrogen and oxygen atoms in total. The summed E-state index contributed by atoms with van der Waals surface area (Å²) in [6.07, 6.45) is 0. The van der Waals surface area contributed by atoms with E-state index in [4.69, 9.17) is 9.47 Å². The lowest BCUT2D eigenvalue weighted by molar-refractivity contribution is 0.101. The first-order chi connectivity index (χ1) is 10.6. The highest BCUT2D eigenvalue weighted by molar-refractivity contribution is 6.05. The molecule has 0 saturated carbocycles. The van der Waals surface area contributed by atoms with Crippen LogP contribution in [0.5, 0.6) is 11.5 Å². The topological polar surface area (TPSA) is 64.6 Å². The van der Waals surface area contributed by atoms with Crippen LogP contribution in [0.2, 0.25) is 0 Å². The fourth-order valence-electron chi connectivity index (χ4n) is 2.18. The van der Waals surface area contributed by atoms with Crippen molar-refractivity contribution in [1.82, 2.24) is 0 Å². The number of hydrogen-bond acceptors (Lipinski definition) is 4. The molecule has 0 unspecified atom stereocenters. The molecule has 0 spiro atoms. The monoisotopic (exact) mass is 297 g/mol. The van der Waals surface area contributed by atoms with Crippen LogP contribution >= 0.6 is 0 Å². The summed E-state index contributed by atoms with van der Waals surface area (Å²) in [6.45, 7) is 2.49.